The third-order valence-electron chi connectivity index (χ3n) is 5.27. The van der Waals surface area contributed by atoms with Crippen LogP contribution in [-0.4, -0.2) is 26.9 Å². The topological polar surface area (TPSA) is 59.3 Å². The van der Waals surface area contributed by atoms with Crippen LogP contribution in [0.5, 0.6) is 0 Å². The van der Waals surface area contributed by atoms with Gasteiger partial charge in [0.2, 0.25) is 0 Å². The van der Waals surface area contributed by atoms with Crippen molar-refractivity contribution in [2.75, 3.05) is 0 Å². The maximum absolute atomic E-state index is 12.4. The zero-order valence-corrected chi connectivity index (χ0v) is 17.6. The molecule has 0 unspecified atom stereocenters. The molecule has 0 radical (unpaired) electrons. The van der Waals surface area contributed by atoms with E-state index in [1.165, 1.54) is 24.6 Å². The third kappa shape index (κ3) is 4.03. The summed E-state index contributed by atoms with van der Waals surface area (Å²) >= 11 is 7.72. The van der Waals surface area contributed by atoms with E-state index < -0.39 is 0 Å². The monoisotopic (exact) mass is 414 g/mol. The van der Waals surface area contributed by atoms with Crippen molar-refractivity contribution in [1.82, 2.24) is 15.1 Å². The van der Waals surface area contributed by atoms with E-state index in [0.29, 0.717) is 17.5 Å². The number of nitrogens with one attached hydrogen (secondary N) is 1. The highest BCUT2D eigenvalue weighted by Crippen LogP contribution is 2.30. The van der Waals surface area contributed by atoms with E-state index in [-0.39, 0.29) is 5.91 Å². The van der Waals surface area contributed by atoms with E-state index >= 15 is 0 Å². The molecule has 7 heteroatoms. The molecule has 2 aliphatic rings. The summed E-state index contributed by atoms with van der Waals surface area (Å²) in [5, 5.41) is 9.02. The first kappa shape index (κ1) is 19.3. The van der Waals surface area contributed by atoms with Gasteiger partial charge in [0.25, 0.3) is 5.91 Å². The van der Waals surface area contributed by atoms with Gasteiger partial charge in [0.05, 0.1) is 23.2 Å². The molecule has 1 amide bonds. The number of aryl methyl sites for hydroxylation is 1. The average Bonchev–Trinajstić information content (AvgIpc) is 3.35. The molecule has 1 saturated carbocycles. The molecule has 1 aromatic heterocycles. The molecule has 1 N–H and O–H groups in total. The molecule has 1 aliphatic carbocycles. The van der Waals surface area contributed by atoms with Crippen LogP contribution in [0.1, 0.15) is 48.2 Å². The number of aromatic nitrogens is 2. The number of amidine groups is 1. The number of carbonyl (C=O) groups is 1. The van der Waals surface area contributed by atoms with Crippen LogP contribution in [0, 0.1) is 13.8 Å². The molecule has 0 bridgehead atoms. The number of hydrogen-bond donors (Lipinski definition) is 1. The summed E-state index contributed by atoms with van der Waals surface area (Å²) in [6.45, 7) is 4.59. The van der Waals surface area contributed by atoms with Crippen LogP contribution >= 0.6 is 23.4 Å². The van der Waals surface area contributed by atoms with Gasteiger partial charge < -0.3 is 5.32 Å². The Morgan fingerprint density at radius 3 is 2.82 bits per heavy atom. The van der Waals surface area contributed by atoms with Crippen LogP contribution in [0.25, 0.3) is 6.08 Å². The van der Waals surface area contributed by atoms with E-state index in [4.69, 9.17) is 16.6 Å². The number of carbonyl (C=O) groups excluding carboxylic acids is 1. The first-order valence-electron chi connectivity index (χ1n) is 9.57. The summed E-state index contributed by atoms with van der Waals surface area (Å²) in [5.74, 6) is -0.0839. The van der Waals surface area contributed by atoms with Gasteiger partial charge in [-0.1, -0.05) is 42.6 Å². The highest BCUT2D eigenvalue weighted by atomic mass is 35.5. The predicted octanol–water partition coefficient (Wildman–Crippen LogP) is 4.70. The van der Waals surface area contributed by atoms with Gasteiger partial charge in [-0.05, 0) is 56.2 Å². The summed E-state index contributed by atoms with van der Waals surface area (Å²) in [4.78, 5) is 17.8. The Kier molecular flexibility index (Phi) is 5.60. The Balaban J connectivity index is 1.57. The average molecular weight is 415 g/mol. The lowest BCUT2D eigenvalue weighted by Gasteiger charge is -2.06. The van der Waals surface area contributed by atoms with Crippen molar-refractivity contribution >= 4 is 40.5 Å². The summed E-state index contributed by atoms with van der Waals surface area (Å²) in [6, 6.07) is 8.13. The summed E-state index contributed by atoms with van der Waals surface area (Å²) in [6.07, 6.45) is 6.62. The van der Waals surface area contributed by atoms with Gasteiger partial charge in [-0.3, -0.25) is 14.5 Å². The van der Waals surface area contributed by atoms with Crippen molar-refractivity contribution in [3.63, 3.8) is 0 Å². The lowest BCUT2D eigenvalue weighted by Crippen LogP contribution is -2.21. The van der Waals surface area contributed by atoms with E-state index in [1.54, 1.807) is 0 Å². The van der Waals surface area contributed by atoms with Crippen LogP contribution in [0.2, 0.25) is 5.02 Å². The summed E-state index contributed by atoms with van der Waals surface area (Å²) in [7, 11) is 0. The second kappa shape index (κ2) is 8.13. The Labute approximate surface area is 174 Å². The first-order valence-corrected chi connectivity index (χ1v) is 10.8. The predicted molar refractivity (Wildman–Crippen MR) is 116 cm³/mol. The van der Waals surface area contributed by atoms with Gasteiger partial charge in [0.15, 0.2) is 5.17 Å². The van der Waals surface area contributed by atoms with Crippen LogP contribution in [0.15, 0.2) is 34.2 Å². The second-order valence-electron chi connectivity index (χ2n) is 7.27. The van der Waals surface area contributed by atoms with Gasteiger partial charge in [-0.25, -0.2) is 0 Å². The Hall–Kier alpha value is -2.05. The zero-order chi connectivity index (χ0) is 19.7. The minimum absolute atomic E-state index is 0.0839. The van der Waals surface area contributed by atoms with Crippen molar-refractivity contribution in [2.45, 2.75) is 52.1 Å². The lowest BCUT2D eigenvalue weighted by atomic mass is 10.1. The molecule has 2 aromatic rings. The van der Waals surface area contributed by atoms with Gasteiger partial charge >= 0.3 is 0 Å². The number of thioether (sulfide) groups is 1. The van der Waals surface area contributed by atoms with E-state index in [2.05, 4.69) is 10.4 Å². The molecule has 0 spiro atoms. The second-order valence-corrected chi connectivity index (χ2v) is 8.71. The SMILES string of the molecule is Cc1nn(Cc2ccccc2Cl)c(C)c1/C=C1\SC(=NC2CCCC2)NC1=O. The van der Waals surface area contributed by atoms with Gasteiger partial charge in [-0.15, -0.1) is 0 Å². The number of amides is 1. The standard InChI is InChI=1S/C21H23ClN4OS/c1-13-17(14(2)26(25-13)12-15-7-3-6-10-18(15)22)11-19-20(27)24-21(28-19)23-16-8-4-5-9-16/h3,6-7,10-11,16H,4-5,8-9,12H2,1-2H3,(H,23,24,27)/b19-11-. The van der Waals surface area contributed by atoms with Crippen LogP contribution < -0.4 is 5.32 Å². The Morgan fingerprint density at radius 2 is 2.07 bits per heavy atom. The van der Waals surface area contributed by atoms with Gasteiger partial charge in [0.1, 0.15) is 0 Å². The largest absolute Gasteiger partial charge is 0.301 e. The molecule has 4 rings (SSSR count). The van der Waals surface area contributed by atoms with Crippen molar-refractivity contribution < 1.29 is 4.79 Å². The maximum Gasteiger partial charge on any atom is 0.264 e. The minimum atomic E-state index is -0.0839. The third-order valence-corrected chi connectivity index (χ3v) is 6.56. The van der Waals surface area contributed by atoms with E-state index in [9.17, 15) is 4.79 Å². The number of benzene rings is 1. The fourth-order valence-electron chi connectivity index (χ4n) is 3.68. The lowest BCUT2D eigenvalue weighted by molar-refractivity contribution is -0.115. The van der Waals surface area contributed by atoms with Crippen LogP contribution in [0.4, 0.5) is 0 Å². The van der Waals surface area contributed by atoms with Crippen molar-refractivity contribution in [2.24, 2.45) is 4.99 Å². The molecule has 5 nitrogen and oxygen atoms in total. The maximum atomic E-state index is 12.4. The van der Waals surface area contributed by atoms with Crippen molar-refractivity contribution in [1.29, 1.82) is 0 Å². The highest BCUT2D eigenvalue weighted by molar-refractivity contribution is 8.18. The molecule has 1 aromatic carbocycles. The number of rotatable bonds is 4. The molecule has 1 aliphatic heterocycles. The Bertz CT molecular complexity index is 973. The van der Waals surface area contributed by atoms with Crippen LogP contribution in [0.3, 0.4) is 0 Å². The molecule has 146 valence electrons. The quantitative estimate of drug-likeness (QED) is 0.737. The minimum Gasteiger partial charge on any atom is -0.301 e. The molecule has 2 heterocycles. The zero-order valence-electron chi connectivity index (χ0n) is 16.0. The first-order chi connectivity index (χ1) is 13.5. The molecule has 28 heavy (non-hydrogen) atoms. The fourth-order valence-corrected chi connectivity index (χ4v) is 4.75. The summed E-state index contributed by atoms with van der Waals surface area (Å²) < 4.78 is 1.94. The van der Waals surface area contributed by atoms with Crippen molar-refractivity contribution in [3.05, 3.63) is 56.7 Å². The number of halogens is 1. The number of hydrogen-bond acceptors (Lipinski definition) is 4. The normalized spacial score (nSPS) is 20.5. The molecule has 0 atom stereocenters. The molecule has 1 saturated heterocycles. The molecular formula is C21H23ClN4OS. The highest BCUT2D eigenvalue weighted by Gasteiger charge is 2.26. The van der Waals surface area contributed by atoms with Gasteiger partial charge in [-0.2, -0.15) is 5.10 Å². The Morgan fingerprint density at radius 1 is 1.32 bits per heavy atom. The molecule has 2 fully saturated rings. The van der Waals surface area contributed by atoms with E-state index in [0.717, 1.165) is 45.5 Å². The molecular weight excluding hydrogens is 392 g/mol. The smallest absolute Gasteiger partial charge is 0.264 e. The summed E-state index contributed by atoms with van der Waals surface area (Å²) in [5.41, 5.74) is 3.91. The number of nitrogens with zero attached hydrogens (tertiary/aromatic N) is 3. The number of aliphatic imine (C=N–C) groups is 1. The van der Waals surface area contributed by atoms with Gasteiger partial charge in [0, 0.05) is 16.3 Å². The van der Waals surface area contributed by atoms with Crippen LogP contribution in [-0.2, 0) is 11.3 Å². The van der Waals surface area contributed by atoms with Crippen molar-refractivity contribution in [3.8, 4) is 0 Å². The van der Waals surface area contributed by atoms with E-state index in [1.807, 2.05) is 48.9 Å². The fraction of sp³-hybridized carbons (Fsp3) is 0.381.